The van der Waals surface area contributed by atoms with E-state index in [0.29, 0.717) is 5.92 Å². The lowest BCUT2D eigenvalue weighted by molar-refractivity contribution is 0.476. The van der Waals surface area contributed by atoms with Crippen molar-refractivity contribution in [2.45, 2.75) is 32.6 Å². The summed E-state index contributed by atoms with van der Waals surface area (Å²) in [5, 5.41) is 0. The largest absolute Gasteiger partial charge is 0.216 e. The molecule has 1 N–H and O–H groups in total. The van der Waals surface area contributed by atoms with E-state index < -0.39 is 10.0 Å². The van der Waals surface area contributed by atoms with E-state index in [1.165, 1.54) is 0 Å². The molecule has 16 heavy (non-hydrogen) atoms. The molecule has 0 saturated heterocycles. The van der Waals surface area contributed by atoms with Crippen molar-refractivity contribution in [3.05, 3.63) is 35.9 Å². The topological polar surface area (TPSA) is 46.2 Å². The summed E-state index contributed by atoms with van der Waals surface area (Å²) in [6, 6.07) is 9.17. The van der Waals surface area contributed by atoms with Crippen LogP contribution in [0.15, 0.2) is 30.3 Å². The zero-order valence-corrected chi connectivity index (χ0v) is 10.8. The molecule has 3 nitrogen and oxygen atoms in total. The van der Waals surface area contributed by atoms with Crippen molar-refractivity contribution in [1.29, 1.82) is 0 Å². The van der Waals surface area contributed by atoms with Gasteiger partial charge in [0.05, 0.1) is 5.75 Å². The van der Waals surface area contributed by atoms with Crippen LogP contribution in [0.1, 0.15) is 26.3 Å². The quantitative estimate of drug-likeness (QED) is 0.858. The molecule has 1 rings (SSSR count). The lowest BCUT2D eigenvalue weighted by Gasteiger charge is -2.17. The highest BCUT2D eigenvalue weighted by Gasteiger charge is 2.16. The van der Waals surface area contributed by atoms with E-state index in [0.717, 1.165) is 5.56 Å². The highest BCUT2D eigenvalue weighted by molar-refractivity contribution is 7.88. The monoisotopic (exact) mass is 241 g/mol. The lowest BCUT2D eigenvalue weighted by Crippen LogP contribution is -2.36. The number of rotatable bonds is 5. The van der Waals surface area contributed by atoms with E-state index >= 15 is 0 Å². The van der Waals surface area contributed by atoms with Crippen LogP contribution in [0.4, 0.5) is 0 Å². The minimum Gasteiger partial charge on any atom is -0.212 e. The van der Waals surface area contributed by atoms with Crippen LogP contribution >= 0.6 is 0 Å². The van der Waals surface area contributed by atoms with Gasteiger partial charge in [-0.15, -0.1) is 0 Å². The highest BCUT2D eigenvalue weighted by Crippen LogP contribution is 2.07. The summed E-state index contributed by atoms with van der Waals surface area (Å²) in [6.07, 6.45) is 0. The first kappa shape index (κ1) is 13.2. The summed E-state index contributed by atoms with van der Waals surface area (Å²) in [4.78, 5) is 0. The van der Waals surface area contributed by atoms with Crippen LogP contribution in [0.3, 0.4) is 0 Å². The fourth-order valence-electron chi connectivity index (χ4n) is 1.25. The van der Waals surface area contributed by atoms with Gasteiger partial charge in [-0.3, -0.25) is 0 Å². The Kier molecular flexibility index (Phi) is 4.50. The van der Waals surface area contributed by atoms with E-state index in [9.17, 15) is 8.42 Å². The second kappa shape index (κ2) is 5.46. The molecule has 1 atom stereocenters. The Hall–Kier alpha value is -0.870. The van der Waals surface area contributed by atoms with E-state index in [4.69, 9.17) is 0 Å². The van der Waals surface area contributed by atoms with Gasteiger partial charge in [0.1, 0.15) is 0 Å². The molecule has 0 unspecified atom stereocenters. The van der Waals surface area contributed by atoms with E-state index in [2.05, 4.69) is 4.72 Å². The van der Waals surface area contributed by atoms with Crippen molar-refractivity contribution in [1.82, 2.24) is 4.72 Å². The summed E-state index contributed by atoms with van der Waals surface area (Å²) in [5.74, 6) is 0.343. The Morgan fingerprint density at radius 1 is 1.12 bits per heavy atom. The number of hydrogen-bond acceptors (Lipinski definition) is 2. The SMILES string of the molecule is CC(C)[C@@H](C)NS(=O)(=O)Cc1ccccc1. The van der Waals surface area contributed by atoms with Gasteiger partial charge in [-0.2, -0.15) is 0 Å². The molecule has 0 fully saturated rings. The van der Waals surface area contributed by atoms with Crippen molar-refractivity contribution in [2.24, 2.45) is 5.92 Å². The molecule has 0 bridgehead atoms. The van der Waals surface area contributed by atoms with E-state index in [-0.39, 0.29) is 11.8 Å². The van der Waals surface area contributed by atoms with Crippen LogP contribution < -0.4 is 4.72 Å². The summed E-state index contributed by atoms with van der Waals surface area (Å²) in [7, 11) is -3.23. The third kappa shape index (κ3) is 4.33. The van der Waals surface area contributed by atoms with E-state index in [1.807, 2.05) is 51.1 Å². The fraction of sp³-hybridized carbons (Fsp3) is 0.500. The average Bonchev–Trinajstić information content (AvgIpc) is 2.17. The van der Waals surface area contributed by atoms with Gasteiger partial charge in [-0.25, -0.2) is 13.1 Å². The molecule has 0 aliphatic heterocycles. The predicted molar refractivity (Wildman–Crippen MR) is 66.5 cm³/mol. The third-order valence-electron chi connectivity index (χ3n) is 2.56. The first-order valence-electron chi connectivity index (χ1n) is 5.44. The summed E-state index contributed by atoms with van der Waals surface area (Å²) in [5.41, 5.74) is 0.811. The molecule has 0 radical (unpaired) electrons. The molecule has 0 saturated carbocycles. The van der Waals surface area contributed by atoms with Crippen molar-refractivity contribution < 1.29 is 8.42 Å². The molecule has 1 aromatic carbocycles. The molecule has 0 amide bonds. The Balaban J connectivity index is 2.66. The van der Waals surface area contributed by atoms with Gasteiger partial charge in [0.15, 0.2) is 0 Å². The predicted octanol–water partition coefficient (Wildman–Crippen LogP) is 2.15. The highest BCUT2D eigenvalue weighted by atomic mass is 32.2. The molecular formula is C12H19NO2S. The lowest BCUT2D eigenvalue weighted by atomic mass is 10.1. The summed E-state index contributed by atoms with van der Waals surface area (Å²) < 4.78 is 26.3. The maximum Gasteiger partial charge on any atom is 0.216 e. The van der Waals surface area contributed by atoms with Crippen LogP contribution in [0, 0.1) is 5.92 Å². The minimum atomic E-state index is -3.23. The van der Waals surface area contributed by atoms with Gasteiger partial charge in [-0.05, 0) is 18.4 Å². The summed E-state index contributed by atoms with van der Waals surface area (Å²) in [6.45, 7) is 5.87. The molecular weight excluding hydrogens is 222 g/mol. The number of hydrogen-bond donors (Lipinski definition) is 1. The standard InChI is InChI=1S/C12H19NO2S/c1-10(2)11(3)13-16(14,15)9-12-7-5-4-6-8-12/h4-8,10-11,13H,9H2,1-3H3/t11-/m1/s1. The first-order chi connectivity index (χ1) is 7.41. The van der Waals surface area contributed by atoms with Gasteiger partial charge in [0.2, 0.25) is 10.0 Å². The summed E-state index contributed by atoms with van der Waals surface area (Å²) >= 11 is 0. The van der Waals surface area contributed by atoms with Crippen molar-refractivity contribution in [3.63, 3.8) is 0 Å². The second-order valence-corrected chi connectivity index (χ2v) is 6.15. The molecule has 0 heterocycles. The Morgan fingerprint density at radius 2 is 1.69 bits per heavy atom. The average molecular weight is 241 g/mol. The Morgan fingerprint density at radius 3 is 2.19 bits per heavy atom. The smallest absolute Gasteiger partial charge is 0.212 e. The zero-order chi connectivity index (χ0) is 12.2. The van der Waals surface area contributed by atoms with Gasteiger partial charge >= 0.3 is 0 Å². The van der Waals surface area contributed by atoms with Crippen LogP contribution in [0.5, 0.6) is 0 Å². The first-order valence-corrected chi connectivity index (χ1v) is 7.10. The van der Waals surface area contributed by atoms with Gasteiger partial charge < -0.3 is 0 Å². The number of benzene rings is 1. The van der Waals surface area contributed by atoms with Gasteiger partial charge in [0, 0.05) is 6.04 Å². The van der Waals surface area contributed by atoms with Crippen molar-refractivity contribution >= 4 is 10.0 Å². The number of nitrogens with one attached hydrogen (secondary N) is 1. The molecule has 0 aliphatic rings. The zero-order valence-electron chi connectivity index (χ0n) is 9.97. The van der Waals surface area contributed by atoms with Crippen molar-refractivity contribution in [3.8, 4) is 0 Å². The molecule has 0 aromatic heterocycles. The molecule has 90 valence electrons. The molecule has 0 spiro atoms. The minimum absolute atomic E-state index is 0.0336. The molecule has 0 aliphatic carbocycles. The van der Waals surface area contributed by atoms with Crippen LogP contribution in [0.25, 0.3) is 0 Å². The van der Waals surface area contributed by atoms with Crippen LogP contribution in [-0.4, -0.2) is 14.5 Å². The Labute approximate surface area is 97.9 Å². The third-order valence-corrected chi connectivity index (χ3v) is 4.01. The fourth-order valence-corrected chi connectivity index (χ4v) is 2.81. The van der Waals surface area contributed by atoms with Crippen LogP contribution in [-0.2, 0) is 15.8 Å². The van der Waals surface area contributed by atoms with Gasteiger partial charge in [-0.1, -0.05) is 44.2 Å². The van der Waals surface area contributed by atoms with Crippen LogP contribution in [0.2, 0.25) is 0 Å². The maximum atomic E-state index is 11.8. The second-order valence-electron chi connectivity index (χ2n) is 4.40. The molecule has 4 heteroatoms. The van der Waals surface area contributed by atoms with Crippen molar-refractivity contribution in [2.75, 3.05) is 0 Å². The Bertz CT molecular complexity index is 412. The number of sulfonamides is 1. The normalized spacial score (nSPS) is 14.0. The van der Waals surface area contributed by atoms with Gasteiger partial charge in [0.25, 0.3) is 0 Å². The maximum absolute atomic E-state index is 11.8. The van der Waals surface area contributed by atoms with E-state index in [1.54, 1.807) is 0 Å². The molecule has 1 aromatic rings.